The molecule has 0 aliphatic heterocycles. The first-order valence-corrected chi connectivity index (χ1v) is 11.3. The number of aryl methyl sites for hydroxylation is 2. The Kier molecular flexibility index (Phi) is 8.10. The molecule has 0 heterocycles. The number of rotatable bonds is 8. The summed E-state index contributed by atoms with van der Waals surface area (Å²) in [6.07, 6.45) is 5.56. The summed E-state index contributed by atoms with van der Waals surface area (Å²) in [5.74, 6) is 0.392. The Morgan fingerprint density at radius 1 is 1.03 bits per heavy atom. The molecule has 2 aromatic carbocycles. The summed E-state index contributed by atoms with van der Waals surface area (Å²) >= 11 is 0. The van der Waals surface area contributed by atoms with Gasteiger partial charge in [-0.25, -0.2) is 0 Å². The van der Waals surface area contributed by atoms with Crippen LogP contribution in [0, 0.1) is 13.8 Å². The van der Waals surface area contributed by atoms with Crippen LogP contribution in [0.4, 0.5) is 0 Å². The van der Waals surface area contributed by atoms with Crippen molar-refractivity contribution in [3.05, 3.63) is 65.2 Å². The van der Waals surface area contributed by atoms with Gasteiger partial charge in [-0.1, -0.05) is 67.3 Å². The summed E-state index contributed by atoms with van der Waals surface area (Å²) < 4.78 is 5.79. The summed E-state index contributed by atoms with van der Waals surface area (Å²) in [4.78, 5) is 27.8. The molecule has 0 aromatic heterocycles. The molecule has 5 heteroatoms. The van der Waals surface area contributed by atoms with E-state index in [0.717, 1.165) is 42.4 Å². The maximum Gasteiger partial charge on any atom is 0.261 e. The zero-order chi connectivity index (χ0) is 22.2. The van der Waals surface area contributed by atoms with Crippen LogP contribution in [0.5, 0.6) is 5.75 Å². The first-order chi connectivity index (χ1) is 14.9. The van der Waals surface area contributed by atoms with Gasteiger partial charge in [-0.2, -0.15) is 0 Å². The highest BCUT2D eigenvalue weighted by atomic mass is 16.5. The molecule has 1 fully saturated rings. The van der Waals surface area contributed by atoms with Crippen LogP contribution in [0.25, 0.3) is 0 Å². The van der Waals surface area contributed by atoms with Crippen LogP contribution in [-0.2, 0) is 16.1 Å². The number of hydrogen-bond acceptors (Lipinski definition) is 3. The number of amides is 2. The number of carbonyl (C=O) groups is 2. The Labute approximate surface area is 185 Å². The molecular formula is C26H34N2O3. The summed E-state index contributed by atoms with van der Waals surface area (Å²) in [7, 11) is 0. The Morgan fingerprint density at radius 2 is 1.71 bits per heavy atom. The van der Waals surface area contributed by atoms with Gasteiger partial charge in [-0.3, -0.25) is 9.59 Å². The standard InChI is InChI=1S/C26H34N2O3/c1-19-13-15-22(16-14-19)17-28(21(3)26(30)27-23-10-5-4-6-11-23)25(29)18-31-24-12-8-7-9-20(24)2/h7-9,12-16,21,23H,4-6,10-11,17-18H2,1-3H3,(H,27,30)/t21-/m0/s1. The van der Waals surface area contributed by atoms with E-state index in [1.54, 1.807) is 11.8 Å². The molecule has 166 valence electrons. The van der Waals surface area contributed by atoms with Crippen LogP contribution < -0.4 is 10.1 Å². The number of para-hydroxylation sites is 1. The molecule has 1 atom stereocenters. The fourth-order valence-electron chi connectivity index (χ4n) is 3.98. The fraction of sp³-hybridized carbons (Fsp3) is 0.462. The van der Waals surface area contributed by atoms with Gasteiger partial charge in [-0.15, -0.1) is 0 Å². The molecular weight excluding hydrogens is 388 g/mol. The summed E-state index contributed by atoms with van der Waals surface area (Å²) in [6, 6.07) is 15.3. The normalized spacial score (nSPS) is 15.2. The van der Waals surface area contributed by atoms with E-state index >= 15 is 0 Å². The SMILES string of the molecule is Cc1ccc(CN(C(=O)COc2ccccc2C)[C@@H](C)C(=O)NC2CCCCC2)cc1. The number of ether oxygens (including phenoxy) is 1. The molecule has 1 aliphatic rings. The van der Waals surface area contributed by atoms with Gasteiger partial charge in [0.05, 0.1) is 0 Å². The predicted molar refractivity (Wildman–Crippen MR) is 123 cm³/mol. The molecule has 3 rings (SSSR count). The monoisotopic (exact) mass is 422 g/mol. The van der Waals surface area contributed by atoms with E-state index in [9.17, 15) is 9.59 Å². The summed E-state index contributed by atoms with van der Waals surface area (Å²) in [5.41, 5.74) is 3.13. The van der Waals surface area contributed by atoms with Gasteiger partial charge in [-0.05, 0) is 50.8 Å². The van der Waals surface area contributed by atoms with Gasteiger partial charge in [0, 0.05) is 12.6 Å². The highest BCUT2D eigenvalue weighted by molar-refractivity contribution is 5.88. The first-order valence-electron chi connectivity index (χ1n) is 11.3. The highest BCUT2D eigenvalue weighted by Crippen LogP contribution is 2.19. The van der Waals surface area contributed by atoms with E-state index in [1.807, 2.05) is 62.4 Å². The average molecular weight is 423 g/mol. The van der Waals surface area contributed by atoms with Crippen LogP contribution in [0.2, 0.25) is 0 Å². The number of nitrogens with one attached hydrogen (secondary N) is 1. The molecule has 1 N–H and O–H groups in total. The lowest BCUT2D eigenvalue weighted by Crippen LogP contribution is -2.51. The predicted octanol–water partition coefficient (Wildman–Crippen LogP) is 4.55. The molecule has 0 unspecified atom stereocenters. The van der Waals surface area contributed by atoms with Crippen LogP contribution in [0.15, 0.2) is 48.5 Å². The lowest BCUT2D eigenvalue weighted by atomic mass is 9.95. The zero-order valence-electron chi connectivity index (χ0n) is 18.9. The van der Waals surface area contributed by atoms with E-state index in [-0.39, 0.29) is 24.5 Å². The van der Waals surface area contributed by atoms with Gasteiger partial charge >= 0.3 is 0 Å². The number of carbonyl (C=O) groups excluding carboxylic acids is 2. The van der Waals surface area contributed by atoms with Crippen molar-refractivity contribution in [3.8, 4) is 5.75 Å². The third-order valence-electron chi connectivity index (χ3n) is 6.04. The minimum Gasteiger partial charge on any atom is -0.484 e. The van der Waals surface area contributed by atoms with E-state index in [4.69, 9.17) is 4.74 Å². The van der Waals surface area contributed by atoms with Crippen molar-refractivity contribution in [1.82, 2.24) is 10.2 Å². The zero-order valence-corrected chi connectivity index (χ0v) is 18.9. The Hall–Kier alpha value is -2.82. The molecule has 5 nitrogen and oxygen atoms in total. The van der Waals surface area contributed by atoms with Crippen molar-refractivity contribution < 1.29 is 14.3 Å². The van der Waals surface area contributed by atoms with Gasteiger partial charge < -0.3 is 15.0 Å². The first kappa shape index (κ1) is 22.9. The van der Waals surface area contributed by atoms with Crippen molar-refractivity contribution in [2.24, 2.45) is 0 Å². The second-order valence-corrected chi connectivity index (χ2v) is 8.58. The summed E-state index contributed by atoms with van der Waals surface area (Å²) in [6.45, 7) is 6.05. The number of nitrogens with zero attached hydrogens (tertiary/aromatic N) is 1. The molecule has 1 aliphatic carbocycles. The van der Waals surface area contributed by atoms with Crippen molar-refractivity contribution in [2.75, 3.05) is 6.61 Å². The molecule has 0 bridgehead atoms. The fourth-order valence-corrected chi connectivity index (χ4v) is 3.98. The molecule has 0 saturated heterocycles. The Bertz CT molecular complexity index is 872. The second-order valence-electron chi connectivity index (χ2n) is 8.58. The minimum atomic E-state index is -0.573. The average Bonchev–Trinajstić information content (AvgIpc) is 2.78. The third-order valence-corrected chi connectivity index (χ3v) is 6.04. The Morgan fingerprint density at radius 3 is 2.39 bits per heavy atom. The van der Waals surface area contributed by atoms with Crippen molar-refractivity contribution in [1.29, 1.82) is 0 Å². The quantitative estimate of drug-likeness (QED) is 0.679. The van der Waals surface area contributed by atoms with E-state index in [2.05, 4.69) is 5.32 Å². The van der Waals surface area contributed by atoms with Crippen molar-refractivity contribution in [3.63, 3.8) is 0 Å². The lowest BCUT2D eigenvalue weighted by molar-refractivity contribution is -0.142. The molecule has 1 saturated carbocycles. The van der Waals surface area contributed by atoms with E-state index in [1.165, 1.54) is 6.42 Å². The van der Waals surface area contributed by atoms with Crippen LogP contribution in [0.1, 0.15) is 55.7 Å². The van der Waals surface area contributed by atoms with E-state index < -0.39 is 6.04 Å². The third kappa shape index (κ3) is 6.58. The van der Waals surface area contributed by atoms with Crippen LogP contribution in [-0.4, -0.2) is 35.4 Å². The van der Waals surface area contributed by atoms with Crippen LogP contribution in [0.3, 0.4) is 0 Å². The molecule has 2 amide bonds. The second kappa shape index (κ2) is 11.0. The van der Waals surface area contributed by atoms with Gasteiger partial charge in [0.1, 0.15) is 11.8 Å². The van der Waals surface area contributed by atoms with Gasteiger partial charge in [0.15, 0.2) is 6.61 Å². The van der Waals surface area contributed by atoms with E-state index in [0.29, 0.717) is 12.3 Å². The van der Waals surface area contributed by atoms with Crippen molar-refractivity contribution >= 4 is 11.8 Å². The van der Waals surface area contributed by atoms with Gasteiger partial charge in [0.25, 0.3) is 5.91 Å². The molecule has 31 heavy (non-hydrogen) atoms. The minimum absolute atomic E-state index is 0.0942. The number of hydrogen-bond donors (Lipinski definition) is 1. The number of benzene rings is 2. The topological polar surface area (TPSA) is 58.6 Å². The molecule has 2 aromatic rings. The van der Waals surface area contributed by atoms with Gasteiger partial charge in [0.2, 0.25) is 5.91 Å². The lowest BCUT2D eigenvalue weighted by Gasteiger charge is -2.31. The maximum absolute atomic E-state index is 13.2. The largest absolute Gasteiger partial charge is 0.484 e. The molecule has 0 radical (unpaired) electrons. The maximum atomic E-state index is 13.2. The summed E-state index contributed by atoms with van der Waals surface area (Å²) in [5, 5.41) is 3.16. The Balaban J connectivity index is 1.70. The van der Waals surface area contributed by atoms with Crippen molar-refractivity contribution in [2.45, 2.75) is 71.5 Å². The highest BCUT2D eigenvalue weighted by Gasteiger charge is 2.28. The molecule has 0 spiro atoms. The smallest absolute Gasteiger partial charge is 0.261 e. The van der Waals surface area contributed by atoms with Crippen LogP contribution >= 0.6 is 0 Å².